The third-order valence-corrected chi connectivity index (χ3v) is 3.41. The van der Waals surface area contributed by atoms with Gasteiger partial charge in [0.05, 0.1) is 0 Å². The Hall–Kier alpha value is -1.75. The molecule has 3 N–H and O–H groups in total. The number of carbonyl (C=O) groups is 1. The number of benzene rings is 1. The number of nitrogens with zero attached hydrogens (tertiary/aromatic N) is 2. The number of anilines is 1. The first-order chi connectivity index (χ1) is 9.15. The van der Waals surface area contributed by atoms with Gasteiger partial charge in [0, 0.05) is 44.5 Å². The number of rotatable bonds is 4. The summed E-state index contributed by atoms with van der Waals surface area (Å²) in [6.07, 6.45) is 0. The molecule has 0 aliphatic carbocycles. The lowest BCUT2D eigenvalue weighted by molar-refractivity contribution is 0.222. The van der Waals surface area contributed by atoms with Crippen LogP contribution in [0.4, 0.5) is 10.5 Å². The summed E-state index contributed by atoms with van der Waals surface area (Å²) in [6, 6.07) is 10.1. The predicted octanol–water partition coefficient (Wildman–Crippen LogP) is 0.865. The van der Waals surface area contributed by atoms with Crippen LogP contribution in [0.5, 0.6) is 0 Å². The molecule has 1 atom stereocenters. The van der Waals surface area contributed by atoms with Crippen LogP contribution in [0.2, 0.25) is 0 Å². The van der Waals surface area contributed by atoms with Gasteiger partial charge in [0.1, 0.15) is 0 Å². The van der Waals surface area contributed by atoms with E-state index in [1.807, 2.05) is 13.0 Å². The van der Waals surface area contributed by atoms with Crippen molar-refractivity contribution in [2.45, 2.75) is 13.0 Å². The highest BCUT2D eigenvalue weighted by Crippen LogP contribution is 2.15. The van der Waals surface area contributed by atoms with Crippen molar-refractivity contribution in [1.82, 2.24) is 10.2 Å². The number of nitrogens with two attached hydrogens (primary N) is 1. The maximum Gasteiger partial charge on any atom is 0.312 e. The zero-order valence-electron chi connectivity index (χ0n) is 11.4. The standard InChI is InChI=1S/C14H22N4O/c1-12(16-14(15)19)11-17-7-9-18(10-8-17)13-5-3-2-4-6-13/h2-6,12H,7-11H2,1H3,(H3,15,16,19). The number of carbonyl (C=O) groups excluding carboxylic acids is 1. The summed E-state index contributed by atoms with van der Waals surface area (Å²) >= 11 is 0. The highest BCUT2D eigenvalue weighted by molar-refractivity contribution is 5.71. The van der Waals surface area contributed by atoms with E-state index in [0.29, 0.717) is 0 Å². The maximum atomic E-state index is 10.8. The second-order valence-electron chi connectivity index (χ2n) is 5.03. The van der Waals surface area contributed by atoms with Crippen LogP contribution in [0.15, 0.2) is 30.3 Å². The van der Waals surface area contributed by atoms with Crippen molar-refractivity contribution in [1.29, 1.82) is 0 Å². The van der Waals surface area contributed by atoms with Crippen LogP contribution in [0.3, 0.4) is 0 Å². The molecule has 5 heteroatoms. The SMILES string of the molecule is CC(CN1CCN(c2ccccc2)CC1)NC(N)=O. The van der Waals surface area contributed by atoms with E-state index < -0.39 is 6.03 Å². The molecule has 1 fully saturated rings. The van der Waals surface area contributed by atoms with Gasteiger partial charge in [-0.1, -0.05) is 18.2 Å². The van der Waals surface area contributed by atoms with Gasteiger partial charge in [-0.2, -0.15) is 0 Å². The van der Waals surface area contributed by atoms with E-state index in [1.54, 1.807) is 0 Å². The summed E-state index contributed by atoms with van der Waals surface area (Å²) in [6.45, 7) is 6.90. The Morgan fingerprint density at radius 1 is 1.26 bits per heavy atom. The molecule has 1 aromatic carbocycles. The monoisotopic (exact) mass is 262 g/mol. The van der Waals surface area contributed by atoms with Crippen molar-refractivity contribution in [3.8, 4) is 0 Å². The quantitative estimate of drug-likeness (QED) is 0.846. The highest BCUT2D eigenvalue weighted by atomic mass is 16.2. The molecule has 104 valence electrons. The average molecular weight is 262 g/mol. The van der Waals surface area contributed by atoms with E-state index in [4.69, 9.17) is 5.73 Å². The van der Waals surface area contributed by atoms with Gasteiger partial charge < -0.3 is 16.0 Å². The highest BCUT2D eigenvalue weighted by Gasteiger charge is 2.18. The van der Waals surface area contributed by atoms with Gasteiger partial charge in [0.15, 0.2) is 0 Å². The molecule has 0 bridgehead atoms. The van der Waals surface area contributed by atoms with Crippen LogP contribution in [0.25, 0.3) is 0 Å². The fraction of sp³-hybridized carbons (Fsp3) is 0.500. The molecule has 1 aliphatic rings. The van der Waals surface area contributed by atoms with Gasteiger partial charge in [-0.3, -0.25) is 4.90 Å². The van der Waals surface area contributed by atoms with Crippen LogP contribution in [-0.2, 0) is 0 Å². The molecule has 0 spiro atoms. The molecule has 2 amide bonds. The van der Waals surface area contributed by atoms with E-state index in [0.717, 1.165) is 32.7 Å². The Morgan fingerprint density at radius 3 is 2.47 bits per heavy atom. The van der Waals surface area contributed by atoms with E-state index in [2.05, 4.69) is 39.4 Å². The largest absolute Gasteiger partial charge is 0.369 e. The number of primary amides is 1. The molecular weight excluding hydrogens is 240 g/mol. The van der Waals surface area contributed by atoms with Crippen LogP contribution in [-0.4, -0.2) is 49.7 Å². The third-order valence-electron chi connectivity index (χ3n) is 3.41. The van der Waals surface area contributed by atoms with Crippen molar-refractivity contribution >= 4 is 11.7 Å². The summed E-state index contributed by atoms with van der Waals surface area (Å²) < 4.78 is 0. The Labute approximate surface area is 114 Å². The minimum atomic E-state index is -0.449. The minimum absolute atomic E-state index is 0.0979. The summed E-state index contributed by atoms with van der Waals surface area (Å²) in [7, 11) is 0. The molecule has 1 unspecified atom stereocenters. The van der Waals surface area contributed by atoms with Gasteiger partial charge >= 0.3 is 6.03 Å². The van der Waals surface area contributed by atoms with E-state index in [1.165, 1.54) is 5.69 Å². The number of hydrogen-bond donors (Lipinski definition) is 2. The van der Waals surface area contributed by atoms with E-state index in [9.17, 15) is 4.79 Å². The Kier molecular flexibility index (Phi) is 4.63. The van der Waals surface area contributed by atoms with Gasteiger partial charge in [-0.25, -0.2) is 4.79 Å². The molecule has 1 aliphatic heterocycles. The van der Waals surface area contributed by atoms with Crippen molar-refractivity contribution in [3.63, 3.8) is 0 Å². The number of urea groups is 1. The zero-order valence-corrected chi connectivity index (χ0v) is 11.4. The van der Waals surface area contributed by atoms with Crippen molar-refractivity contribution in [2.24, 2.45) is 5.73 Å². The lowest BCUT2D eigenvalue weighted by Crippen LogP contribution is -2.51. The number of amides is 2. The van der Waals surface area contributed by atoms with Gasteiger partial charge in [0.2, 0.25) is 0 Å². The summed E-state index contributed by atoms with van der Waals surface area (Å²) in [5.74, 6) is 0. The van der Waals surface area contributed by atoms with Gasteiger partial charge in [-0.05, 0) is 19.1 Å². The predicted molar refractivity (Wildman–Crippen MR) is 77.3 cm³/mol. The first kappa shape index (κ1) is 13.7. The Bertz CT molecular complexity index is 401. The molecule has 0 radical (unpaired) electrons. The second-order valence-corrected chi connectivity index (χ2v) is 5.03. The molecule has 0 aromatic heterocycles. The summed E-state index contributed by atoms with van der Waals surface area (Å²) in [5, 5.41) is 2.72. The fourth-order valence-corrected chi connectivity index (χ4v) is 2.50. The van der Waals surface area contributed by atoms with Crippen LogP contribution >= 0.6 is 0 Å². The lowest BCUT2D eigenvalue weighted by Gasteiger charge is -2.37. The first-order valence-corrected chi connectivity index (χ1v) is 6.73. The van der Waals surface area contributed by atoms with Crippen molar-refractivity contribution in [3.05, 3.63) is 30.3 Å². The van der Waals surface area contributed by atoms with Gasteiger partial charge in [-0.15, -0.1) is 0 Å². The van der Waals surface area contributed by atoms with Crippen LogP contribution in [0, 0.1) is 0 Å². The fourth-order valence-electron chi connectivity index (χ4n) is 2.50. The van der Waals surface area contributed by atoms with Gasteiger partial charge in [0.25, 0.3) is 0 Å². The molecule has 5 nitrogen and oxygen atoms in total. The average Bonchev–Trinajstić information content (AvgIpc) is 2.39. The minimum Gasteiger partial charge on any atom is -0.369 e. The summed E-state index contributed by atoms with van der Waals surface area (Å²) in [4.78, 5) is 15.5. The normalized spacial score (nSPS) is 18.1. The Morgan fingerprint density at radius 2 is 1.89 bits per heavy atom. The molecule has 0 saturated carbocycles. The van der Waals surface area contributed by atoms with Crippen LogP contribution in [0.1, 0.15) is 6.92 Å². The van der Waals surface area contributed by atoms with Crippen LogP contribution < -0.4 is 16.0 Å². The first-order valence-electron chi connectivity index (χ1n) is 6.73. The molecule has 1 saturated heterocycles. The molecule has 1 aromatic rings. The summed E-state index contributed by atoms with van der Waals surface area (Å²) in [5.41, 5.74) is 6.40. The van der Waals surface area contributed by atoms with Crippen molar-refractivity contribution < 1.29 is 4.79 Å². The number of para-hydroxylation sites is 1. The number of hydrogen-bond acceptors (Lipinski definition) is 3. The maximum absolute atomic E-state index is 10.8. The van der Waals surface area contributed by atoms with Crippen molar-refractivity contribution in [2.75, 3.05) is 37.6 Å². The molecular formula is C14H22N4O. The van der Waals surface area contributed by atoms with E-state index in [-0.39, 0.29) is 6.04 Å². The second kappa shape index (κ2) is 6.43. The Balaban J connectivity index is 1.78. The smallest absolute Gasteiger partial charge is 0.312 e. The topological polar surface area (TPSA) is 61.6 Å². The zero-order chi connectivity index (χ0) is 13.7. The molecule has 1 heterocycles. The molecule has 19 heavy (non-hydrogen) atoms. The number of piperazine rings is 1. The molecule has 2 rings (SSSR count). The lowest BCUT2D eigenvalue weighted by atomic mass is 10.2. The third kappa shape index (κ3) is 4.13. The number of nitrogens with one attached hydrogen (secondary N) is 1. The van der Waals surface area contributed by atoms with E-state index >= 15 is 0 Å².